The third-order valence-electron chi connectivity index (χ3n) is 1.91. The average molecular weight is 144 g/mol. The lowest BCUT2D eigenvalue weighted by Crippen LogP contribution is -2.34. The maximum Gasteiger partial charge on any atom is 0.0469 e. The van der Waals surface area contributed by atoms with Crippen LogP contribution in [0.25, 0.3) is 0 Å². The smallest absolute Gasteiger partial charge is 0.0469 e. The lowest BCUT2D eigenvalue weighted by molar-refractivity contribution is 0.0655. The molecule has 0 spiro atoms. The lowest BCUT2D eigenvalue weighted by Gasteiger charge is -2.21. The Labute approximate surface area is 62.1 Å². The Morgan fingerprint density at radius 3 is 2.70 bits per heavy atom. The van der Waals surface area contributed by atoms with Crippen LogP contribution in [0.1, 0.15) is 12.8 Å². The van der Waals surface area contributed by atoms with Crippen LogP contribution in [0.5, 0.6) is 0 Å². The SMILES string of the molecule is CNNCC1CCOCC1. The number of hydrogen-bond donors (Lipinski definition) is 2. The Morgan fingerprint density at radius 2 is 2.10 bits per heavy atom. The lowest BCUT2D eigenvalue weighted by atomic mass is 10.0. The highest BCUT2D eigenvalue weighted by Gasteiger charge is 2.12. The molecule has 0 atom stereocenters. The molecule has 1 heterocycles. The summed E-state index contributed by atoms with van der Waals surface area (Å²) in [5.41, 5.74) is 6.04. The maximum absolute atomic E-state index is 5.23. The molecule has 0 amide bonds. The minimum Gasteiger partial charge on any atom is -0.381 e. The van der Waals surface area contributed by atoms with Gasteiger partial charge in [0.2, 0.25) is 0 Å². The largest absolute Gasteiger partial charge is 0.381 e. The third kappa shape index (κ3) is 2.64. The van der Waals surface area contributed by atoms with Gasteiger partial charge in [0.05, 0.1) is 0 Å². The Bertz CT molecular complexity index is 81.7. The van der Waals surface area contributed by atoms with E-state index in [2.05, 4.69) is 10.9 Å². The van der Waals surface area contributed by atoms with Crippen molar-refractivity contribution in [2.75, 3.05) is 26.8 Å². The zero-order valence-corrected chi connectivity index (χ0v) is 6.52. The highest BCUT2D eigenvalue weighted by atomic mass is 16.5. The molecular weight excluding hydrogens is 128 g/mol. The van der Waals surface area contributed by atoms with Gasteiger partial charge >= 0.3 is 0 Å². The van der Waals surface area contributed by atoms with E-state index in [1.165, 1.54) is 12.8 Å². The molecule has 1 aliphatic heterocycles. The molecule has 1 rings (SSSR count). The van der Waals surface area contributed by atoms with Gasteiger partial charge in [-0.2, -0.15) is 0 Å². The van der Waals surface area contributed by atoms with Crippen molar-refractivity contribution >= 4 is 0 Å². The molecule has 0 aromatic heterocycles. The van der Waals surface area contributed by atoms with Crippen molar-refractivity contribution in [3.8, 4) is 0 Å². The minimum atomic E-state index is 0.807. The molecule has 1 saturated heterocycles. The monoisotopic (exact) mass is 144 g/mol. The summed E-state index contributed by atoms with van der Waals surface area (Å²) in [4.78, 5) is 0. The average Bonchev–Trinajstić information content (AvgIpc) is 2.03. The summed E-state index contributed by atoms with van der Waals surface area (Å²) in [6.07, 6.45) is 2.41. The summed E-state index contributed by atoms with van der Waals surface area (Å²) < 4.78 is 5.23. The van der Waals surface area contributed by atoms with E-state index in [1.807, 2.05) is 7.05 Å². The van der Waals surface area contributed by atoms with Crippen LogP contribution in [-0.4, -0.2) is 26.8 Å². The van der Waals surface area contributed by atoms with Crippen LogP contribution in [0.15, 0.2) is 0 Å². The standard InChI is InChI=1S/C7H16N2O/c1-8-9-6-7-2-4-10-5-3-7/h7-9H,2-6H2,1H3. The molecule has 0 aliphatic carbocycles. The van der Waals surface area contributed by atoms with Crippen LogP contribution in [0.3, 0.4) is 0 Å². The first-order valence-electron chi connectivity index (χ1n) is 3.91. The molecule has 0 bridgehead atoms. The van der Waals surface area contributed by atoms with E-state index in [4.69, 9.17) is 4.74 Å². The number of ether oxygens (including phenoxy) is 1. The van der Waals surface area contributed by atoms with E-state index >= 15 is 0 Å². The maximum atomic E-state index is 5.23. The molecule has 2 N–H and O–H groups in total. The van der Waals surface area contributed by atoms with E-state index in [9.17, 15) is 0 Å². The fourth-order valence-corrected chi connectivity index (χ4v) is 1.20. The van der Waals surface area contributed by atoms with Crippen molar-refractivity contribution in [1.82, 2.24) is 10.9 Å². The van der Waals surface area contributed by atoms with E-state index in [1.54, 1.807) is 0 Å². The van der Waals surface area contributed by atoms with Gasteiger partial charge in [0.25, 0.3) is 0 Å². The Balaban J connectivity index is 2.02. The van der Waals surface area contributed by atoms with Crippen LogP contribution in [0.4, 0.5) is 0 Å². The Kier molecular flexibility index (Phi) is 3.72. The molecular formula is C7H16N2O. The van der Waals surface area contributed by atoms with Crippen molar-refractivity contribution in [3.05, 3.63) is 0 Å². The van der Waals surface area contributed by atoms with Crippen LogP contribution >= 0.6 is 0 Å². The molecule has 1 aliphatic rings. The zero-order chi connectivity index (χ0) is 7.23. The van der Waals surface area contributed by atoms with E-state index in [0.29, 0.717) is 0 Å². The van der Waals surface area contributed by atoms with Gasteiger partial charge in [0, 0.05) is 19.8 Å². The summed E-state index contributed by atoms with van der Waals surface area (Å²) in [6, 6.07) is 0. The van der Waals surface area contributed by atoms with Crippen LogP contribution in [0, 0.1) is 5.92 Å². The van der Waals surface area contributed by atoms with Crippen LogP contribution in [0.2, 0.25) is 0 Å². The van der Waals surface area contributed by atoms with Crippen molar-refractivity contribution in [1.29, 1.82) is 0 Å². The van der Waals surface area contributed by atoms with Gasteiger partial charge in [-0.3, -0.25) is 10.9 Å². The van der Waals surface area contributed by atoms with Gasteiger partial charge in [-0.1, -0.05) is 0 Å². The van der Waals surface area contributed by atoms with Crippen molar-refractivity contribution in [2.45, 2.75) is 12.8 Å². The molecule has 3 heteroatoms. The summed E-state index contributed by atoms with van der Waals surface area (Å²) in [6.45, 7) is 2.95. The first-order chi connectivity index (χ1) is 4.93. The molecule has 0 unspecified atom stereocenters. The highest BCUT2D eigenvalue weighted by Crippen LogP contribution is 2.12. The number of hydrogen-bond acceptors (Lipinski definition) is 3. The van der Waals surface area contributed by atoms with Crippen molar-refractivity contribution < 1.29 is 4.74 Å². The Morgan fingerprint density at radius 1 is 1.40 bits per heavy atom. The predicted molar refractivity (Wildman–Crippen MR) is 40.6 cm³/mol. The van der Waals surface area contributed by atoms with E-state index < -0.39 is 0 Å². The summed E-state index contributed by atoms with van der Waals surface area (Å²) >= 11 is 0. The second kappa shape index (κ2) is 4.66. The predicted octanol–water partition coefficient (Wildman–Crippen LogP) is 0.137. The quantitative estimate of drug-likeness (QED) is 0.553. The molecule has 1 fully saturated rings. The fourth-order valence-electron chi connectivity index (χ4n) is 1.20. The fraction of sp³-hybridized carbons (Fsp3) is 1.00. The first kappa shape index (κ1) is 7.98. The van der Waals surface area contributed by atoms with Gasteiger partial charge in [0.1, 0.15) is 0 Å². The first-order valence-corrected chi connectivity index (χ1v) is 3.91. The molecule has 0 aromatic rings. The minimum absolute atomic E-state index is 0.807. The van der Waals surface area contributed by atoms with Crippen molar-refractivity contribution in [2.24, 2.45) is 5.92 Å². The topological polar surface area (TPSA) is 33.3 Å². The normalized spacial score (nSPS) is 21.3. The molecule has 60 valence electrons. The van der Waals surface area contributed by atoms with Crippen LogP contribution < -0.4 is 10.9 Å². The molecule has 0 radical (unpaired) electrons. The highest BCUT2D eigenvalue weighted by molar-refractivity contribution is 4.64. The third-order valence-corrected chi connectivity index (χ3v) is 1.91. The zero-order valence-electron chi connectivity index (χ0n) is 6.52. The molecule has 10 heavy (non-hydrogen) atoms. The van der Waals surface area contributed by atoms with Gasteiger partial charge < -0.3 is 4.74 Å². The number of hydrazine groups is 1. The second-order valence-corrected chi connectivity index (χ2v) is 2.69. The summed E-state index contributed by atoms with van der Waals surface area (Å²) in [5, 5.41) is 0. The van der Waals surface area contributed by atoms with E-state index in [0.717, 1.165) is 25.7 Å². The second-order valence-electron chi connectivity index (χ2n) is 2.69. The Hall–Kier alpha value is -0.120. The van der Waals surface area contributed by atoms with Crippen LogP contribution in [-0.2, 0) is 4.74 Å². The molecule has 3 nitrogen and oxygen atoms in total. The summed E-state index contributed by atoms with van der Waals surface area (Å²) in [5.74, 6) is 0.807. The van der Waals surface area contributed by atoms with Crippen molar-refractivity contribution in [3.63, 3.8) is 0 Å². The molecule has 0 saturated carbocycles. The molecule has 0 aromatic carbocycles. The van der Waals surface area contributed by atoms with Gasteiger partial charge in [-0.15, -0.1) is 0 Å². The summed E-state index contributed by atoms with van der Waals surface area (Å²) in [7, 11) is 1.90. The van der Waals surface area contributed by atoms with Gasteiger partial charge in [-0.05, 0) is 25.8 Å². The van der Waals surface area contributed by atoms with Gasteiger partial charge in [0.15, 0.2) is 0 Å². The number of nitrogens with one attached hydrogen (secondary N) is 2. The van der Waals surface area contributed by atoms with Gasteiger partial charge in [-0.25, -0.2) is 0 Å². The number of rotatable bonds is 3. The van der Waals surface area contributed by atoms with E-state index in [-0.39, 0.29) is 0 Å².